The van der Waals surface area contributed by atoms with Crippen LogP contribution in [0, 0.1) is 12.3 Å². The van der Waals surface area contributed by atoms with Crippen molar-refractivity contribution >= 4 is 35.1 Å². The number of carboxylic acid groups (broad SMARTS) is 1. The third-order valence-corrected chi connectivity index (χ3v) is 10.2. The number of hydrogen-bond donors (Lipinski definition) is 5. The lowest BCUT2D eigenvalue weighted by Crippen LogP contribution is -2.61. The standard InChI is InChI=1S/C43H47N3O15/c1-5-15-57-23-46-31-17-25(33(56-4)20-30(31)39(50)45-21-27(18-32(45)40(46)51)24-7-10-28(55-3)11-8-24)13-14-44-43(54)59-22-26-9-12-29(19-34(26)58-16-6-2)60-42-37(49)35(47)36(48)38(61-42)41(52)53/h2,7-12,17,19-21,32,35-38,42,47-49H,5,13-16,18,22-23H2,1,3-4H3,(H,44,54)(H,52,53)/t32?,35-,36-,37+,38-,42+/m0/s1. The fourth-order valence-corrected chi connectivity index (χ4v) is 7.04. The van der Waals surface area contributed by atoms with E-state index in [2.05, 4.69) is 11.2 Å². The largest absolute Gasteiger partial charge is 0.497 e. The Balaban J connectivity index is 1.13. The number of nitrogens with zero attached hydrogens (tertiary/aromatic N) is 2. The minimum atomic E-state index is -1.90. The molecule has 18 heteroatoms. The van der Waals surface area contributed by atoms with Gasteiger partial charge in [0.15, 0.2) is 6.10 Å². The number of terminal acetylenes is 1. The number of hydrogen-bond acceptors (Lipinski definition) is 14. The van der Waals surface area contributed by atoms with Gasteiger partial charge in [-0.05, 0) is 65.9 Å². The maximum absolute atomic E-state index is 14.2. The molecule has 61 heavy (non-hydrogen) atoms. The number of ether oxygens (including phenoxy) is 7. The van der Waals surface area contributed by atoms with Crippen LogP contribution in [0.3, 0.4) is 0 Å². The van der Waals surface area contributed by atoms with Crippen molar-refractivity contribution in [3.63, 3.8) is 0 Å². The maximum Gasteiger partial charge on any atom is 0.407 e. The van der Waals surface area contributed by atoms with Crippen molar-refractivity contribution < 1.29 is 72.8 Å². The van der Waals surface area contributed by atoms with Gasteiger partial charge in [-0.25, -0.2) is 9.59 Å². The summed E-state index contributed by atoms with van der Waals surface area (Å²) in [5, 5.41) is 42.5. The van der Waals surface area contributed by atoms with Gasteiger partial charge in [-0.3, -0.25) is 14.5 Å². The second-order valence-electron chi connectivity index (χ2n) is 14.2. The van der Waals surface area contributed by atoms with Crippen molar-refractivity contribution in [1.82, 2.24) is 10.2 Å². The Hall–Kier alpha value is -6.36. The molecule has 1 fully saturated rings. The molecular weight excluding hydrogens is 798 g/mol. The number of anilines is 1. The van der Waals surface area contributed by atoms with Crippen LogP contribution < -0.4 is 29.2 Å². The number of nitrogens with one attached hydrogen (secondary N) is 1. The molecule has 3 amide bonds. The Morgan fingerprint density at radius 2 is 1.70 bits per heavy atom. The van der Waals surface area contributed by atoms with E-state index in [1.54, 1.807) is 25.4 Å². The van der Waals surface area contributed by atoms with Gasteiger partial charge < -0.3 is 63.8 Å². The van der Waals surface area contributed by atoms with Crippen molar-refractivity contribution in [1.29, 1.82) is 0 Å². The number of amides is 3. The van der Waals surface area contributed by atoms with Crippen LogP contribution in [0.25, 0.3) is 5.57 Å². The lowest BCUT2D eigenvalue weighted by Gasteiger charge is -2.38. The van der Waals surface area contributed by atoms with E-state index in [9.17, 15) is 39.6 Å². The Bertz CT molecular complexity index is 2170. The van der Waals surface area contributed by atoms with Crippen molar-refractivity contribution in [3.05, 3.63) is 83.1 Å². The maximum atomic E-state index is 14.2. The number of carboxylic acids is 1. The number of alkyl carbamates (subject to hydrolysis) is 1. The number of carbonyl (C=O) groups is 4. The zero-order valence-electron chi connectivity index (χ0n) is 33.6. The topological polar surface area (TPSA) is 232 Å². The number of carbonyl (C=O) groups excluding carboxylic acids is 3. The Morgan fingerprint density at radius 3 is 2.39 bits per heavy atom. The van der Waals surface area contributed by atoms with Crippen molar-refractivity contribution in [2.75, 3.05) is 45.6 Å². The zero-order chi connectivity index (χ0) is 43.8. The van der Waals surface area contributed by atoms with E-state index >= 15 is 0 Å². The molecule has 1 unspecified atom stereocenters. The van der Waals surface area contributed by atoms with Crippen LogP contribution in [0.4, 0.5) is 10.5 Å². The molecule has 0 saturated carbocycles. The number of benzene rings is 3. The van der Waals surface area contributed by atoms with Crippen molar-refractivity contribution in [2.45, 2.75) is 69.5 Å². The molecule has 0 aliphatic carbocycles. The van der Waals surface area contributed by atoms with Gasteiger partial charge in [0, 0.05) is 37.4 Å². The summed E-state index contributed by atoms with van der Waals surface area (Å²) >= 11 is 0. The van der Waals surface area contributed by atoms with Crippen molar-refractivity contribution in [2.24, 2.45) is 0 Å². The molecule has 6 rings (SSSR count). The molecule has 3 aliphatic heterocycles. The van der Waals surface area contributed by atoms with E-state index in [0.717, 1.165) is 17.6 Å². The van der Waals surface area contributed by atoms with Gasteiger partial charge in [0.05, 0.1) is 25.5 Å². The minimum absolute atomic E-state index is 0.0146. The molecule has 18 nitrogen and oxygen atoms in total. The number of aliphatic carboxylic acids is 1. The molecule has 3 heterocycles. The van der Waals surface area contributed by atoms with E-state index in [0.29, 0.717) is 41.3 Å². The Labute approximate surface area is 351 Å². The normalized spacial score (nSPS) is 22.0. The third-order valence-electron chi connectivity index (χ3n) is 10.2. The summed E-state index contributed by atoms with van der Waals surface area (Å²) in [6.45, 7) is 1.87. The first kappa shape index (κ1) is 44.2. The highest BCUT2D eigenvalue weighted by Gasteiger charge is 2.48. The summed E-state index contributed by atoms with van der Waals surface area (Å²) in [6, 6.07) is 14.1. The van der Waals surface area contributed by atoms with Crippen LogP contribution in [0.2, 0.25) is 0 Å². The van der Waals surface area contributed by atoms with Crippen LogP contribution in [-0.4, -0.2) is 127 Å². The molecule has 3 aliphatic rings. The van der Waals surface area contributed by atoms with E-state index in [1.165, 1.54) is 35.1 Å². The molecule has 6 atom stereocenters. The average molecular weight is 846 g/mol. The van der Waals surface area contributed by atoms with E-state index in [4.69, 9.17) is 39.6 Å². The molecule has 0 radical (unpaired) electrons. The molecule has 1 saturated heterocycles. The molecule has 0 aromatic heterocycles. The van der Waals surface area contributed by atoms with Crippen LogP contribution in [-0.2, 0) is 36.8 Å². The number of fused-ring (bicyclic) bond motifs is 2. The lowest BCUT2D eigenvalue weighted by atomic mass is 9.99. The molecule has 0 spiro atoms. The highest BCUT2D eigenvalue weighted by molar-refractivity contribution is 6.13. The summed E-state index contributed by atoms with van der Waals surface area (Å²) in [5.41, 5.74) is 3.24. The molecule has 3 aromatic carbocycles. The molecule has 0 bridgehead atoms. The third kappa shape index (κ3) is 9.83. The van der Waals surface area contributed by atoms with E-state index in [1.807, 2.05) is 31.2 Å². The summed E-state index contributed by atoms with van der Waals surface area (Å²) in [6.07, 6.45) is -1.56. The number of rotatable bonds is 17. The molecule has 3 aromatic rings. The molecule has 324 valence electrons. The van der Waals surface area contributed by atoms with Gasteiger partial charge in [0.2, 0.25) is 6.29 Å². The van der Waals surface area contributed by atoms with Crippen LogP contribution in [0.15, 0.2) is 60.8 Å². The highest BCUT2D eigenvalue weighted by Crippen LogP contribution is 2.40. The van der Waals surface area contributed by atoms with Gasteiger partial charge in [0.25, 0.3) is 11.8 Å². The fraction of sp³-hybridized carbons (Fsp3) is 0.395. The predicted octanol–water partition coefficient (Wildman–Crippen LogP) is 2.44. The summed E-state index contributed by atoms with van der Waals surface area (Å²) in [4.78, 5) is 55.8. The second kappa shape index (κ2) is 19.8. The van der Waals surface area contributed by atoms with Crippen LogP contribution >= 0.6 is 0 Å². The number of aliphatic hydroxyl groups excluding tert-OH is 3. The van der Waals surface area contributed by atoms with E-state index in [-0.39, 0.29) is 61.8 Å². The predicted molar refractivity (Wildman–Crippen MR) is 215 cm³/mol. The first-order chi connectivity index (χ1) is 29.4. The Kier molecular flexibility index (Phi) is 14.3. The summed E-state index contributed by atoms with van der Waals surface area (Å²) in [5.74, 6) is 1.26. The smallest absolute Gasteiger partial charge is 0.407 e. The molecular formula is C43H47N3O15. The molecule has 5 N–H and O–H groups in total. The monoisotopic (exact) mass is 845 g/mol. The van der Waals surface area contributed by atoms with Gasteiger partial charge >= 0.3 is 12.1 Å². The second-order valence-corrected chi connectivity index (χ2v) is 14.2. The fourth-order valence-electron chi connectivity index (χ4n) is 7.04. The van der Waals surface area contributed by atoms with Gasteiger partial charge in [0.1, 0.15) is 67.3 Å². The summed E-state index contributed by atoms with van der Waals surface area (Å²) < 4.78 is 38.6. The van der Waals surface area contributed by atoms with Crippen molar-refractivity contribution in [3.8, 4) is 35.3 Å². The van der Waals surface area contributed by atoms with Gasteiger partial charge in [-0.2, -0.15) is 0 Å². The van der Waals surface area contributed by atoms with Crippen LogP contribution in [0.5, 0.6) is 23.0 Å². The first-order valence-corrected chi connectivity index (χ1v) is 19.4. The number of methoxy groups -OCH3 is 2. The Morgan fingerprint density at radius 1 is 0.951 bits per heavy atom. The van der Waals surface area contributed by atoms with Gasteiger partial charge in [-0.15, -0.1) is 6.42 Å². The number of aliphatic hydroxyl groups is 3. The van der Waals surface area contributed by atoms with Gasteiger partial charge in [-0.1, -0.05) is 25.0 Å². The minimum Gasteiger partial charge on any atom is -0.497 e. The first-order valence-electron chi connectivity index (χ1n) is 19.4. The highest BCUT2D eigenvalue weighted by atomic mass is 16.7. The van der Waals surface area contributed by atoms with E-state index < -0.39 is 48.8 Å². The summed E-state index contributed by atoms with van der Waals surface area (Å²) in [7, 11) is 3.04. The average Bonchev–Trinajstić information content (AvgIpc) is 3.69. The SMILES string of the molecule is C#CCOc1cc(O[C@@H]2O[C@H](C(=O)O)[C@@H](O)[C@H](O)[C@H]2O)ccc1COC(=O)NCCc1cc2c(cc1OC)C(=O)N1C=C(c3ccc(OC)cc3)CC1C(=O)N2COCCC. The lowest BCUT2D eigenvalue weighted by molar-refractivity contribution is -0.271. The van der Waals surface area contributed by atoms with Crippen LogP contribution in [0.1, 0.15) is 46.8 Å². The quantitative estimate of drug-likeness (QED) is 0.0971. The zero-order valence-corrected chi connectivity index (χ0v) is 33.6.